The Balaban J connectivity index is 1.12. The molecular formula is C53H61FN2O9. The Morgan fingerprint density at radius 3 is 1.52 bits per heavy atom. The van der Waals surface area contributed by atoms with Crippen LogP contribution in [0.15, 0.2) is 152 Å². The van der Waals surface area contributed by atoms with Gasteiger partial charge in [0, 0.05) is 12.5 Å². The Kier molecular flexibility index (Phi) is 19.7. The van der Waals surface area contributed by atoms with E-state index in [-0.39, 0.29) is 52.1 Å². The number of rotatable bonds is 25. The molecule has 12 heteroatoms. The average Bonchev–Trinajstić information content (AvgIpc) is 3.35. The molecule has 8 atom stereocenters. The van der Waals surface area contributed by atoms with Crippen LogP contribution in [0, 0.1) is 5.92 Å². The minimum Gasteiger partial charge on any atom is -0.459 e. The maximum Gasteiger partial charge on any atom is 0.328 e. The number of benzene rings is 5. The molecule has 1 saturated heterocycles. The molecule has 0 radical (unpaired) electrons. The predicted octanol–water partition coefficient (Wildman–Crippen LogP) is 8.24. The summed E-state index contributed by atoms with van der Waals surface area (Å²) in [4.78, 5) is 39.2. The van der Waals surface area contributed by atoms with Gasteiger partial charge in [-0.15, -0.1) is 0 Å². The van der Waals surface area contributed by atoms with E-state index in [1.807, 2.05) is 152 Å². The molecule has 6 rings (SSSR count). The molecule has 5 aromatic rings. The van der Waals surface area contributed by atoms with E-state index in [0.717, 1.165) is 27.8 Å². The Labute approximate surface area is 381 Å². The highest BCUT2D eigenvalue weighted by Gasteiger charge is 2.52. The number of hydrogen-bond acceptors (Lipinski definition) is 9. The third-order valence-electron chi connectivity index (χ3n) is 11.2. The normalized spacial score (nSPS) is 19.6. The van der Waals surface area contributed by atoms with E-state index in [1.165, 1.54) is 0 Å². The van der Waals surface area contributed by atoms with Gasteiger partial charge in [-0.05, 0) is 47.6 Å². The molecule has 65 heavy (non-hydrogen) atoms. The molecule has 1 aliphatic rings. The van der Waals surface area contributed by atoms with Crippen molar-refractivity contribution in [1.82, 2.24) is 10.6 Å². The lowest BCUT2D eigenvalue weighted by Crippen LogP contribution is -2.64. The van der Waals surface area contributed by atoms with E-state index >= 15 is 4.39 Å². The molecule has 0 aliphatic carbocycles. The van der Waals surface area contributed by atoms with Gasteiger partial charge in [0.25, 0.3) is 5.91 Å². The molecule has 0 spiro atoms. The second kappa shape index (κ2) is 26.3. The van der Waals surface area contributed by atoms with E-state index in [0.29, 0.717) is 19.3 Å². The third-order valence-corrected chi connectivity index (χ3v) is 11.2. The zero-order valence-electron chi connectivity index (χ0n) is 37.2. The second-order valence-electron chi connectivity index (χ2n) is 16.3. The first-order valence-electron chi connectivity index (χ1n) is 22.4. The minimum atomic E-state index is -2.15. The third kappa shape index (κ3) is 15.7. The summed E-state index contributed by atoms with van der Waals surface area (Å²) in [5.41, 5.74) is 4.48. The van der Waals surface area contributed by atoms with Crippen molar-refractivity contribution in [2.45, 2.75) is 109 Å². The van der Waals surface area contributed by atoms with Crippen LogP contribution in [0.2, 0.25) is 0 Å². The summed E-state index contributed by atoms with van der Waals surface area (Å²) in [5.74, 6) is -2.07. The van der Waals surface area contributed by atoms with Crippen LogP contribution in [-0.2, 0) is 75.8 Å². The van der Waals surface area contributed by atoms with Crippen molar-refractivity contribution in [2.24, 2.45) is 5.92 Å². The molecule has 0 aromatic heterocycles. The minimum absolute atomic E-state index is 0.0230. The molecule has 0 saturated carbocycles. The van der Waals surface area contributed by atoms with Crippen LogP contribution < -0.4 is 10.6 Å². The summed E-state index contributed by atoms with van der Waals surface area (Å²) in [6.07, 6.45) is -5.62. The topological polar surface area (TPSA) is 131 Å². The van der Waals surface area contributed by atoms with Crippen molar-refractivity contribution in [3.8, 4) is 0 Å². The monoisotopic (exact) mass is 888 g/mol. The molecule has 0 bridgehead atoms. The number of amides is 2. The molecule has 11 nitrogen and oxygen atoms in total. The first-order valence-corrected chi connectivity index (χ1v) is 22.4. The highest BCUT2D eigenvalue weighted by atomic mass is 19.1. The summed E-state index contributed by atoms with van der Waals surface area (Å²) in [7, 11) is 0. The fourth-order valence-corrected chi connectivity index (χ4v) is 7.49. The van der Waals surface area contributed by atoms with Gasteiger partial charge in [-0.3, -0.25) is 9.59 Å². The van der Waals surface area contributed by atoms with Gasteiger partial charge < -0.3 is 39.1 Å². The Hall–Kier alpha value is -5.76. The number of ether oxygens (including phenoxy) is 6. The van der Waals surface area contributed by atoms with Crippen molar-refractivity contribution in [3.05, 3.63) is 179 Å². The van der Waals surface area contributed by atoms with Crippen LogP contribution in [0.3, 0.4) is 0 Å². The zero-order valence-corrected chi connectivity index (χ0v) is 37.2. The first kappa shape index (κ1) is 48.7. The number of unbranched alkanes of at least 4 members (excludes halogenated alkanes) is 1. The molecule has 1 heterocycles. The Morgan fingerprint density at radius 1 is 0.569 bits per heavy atom. The van der Waals surface area contributed by atoms with Crippen molar-refractivity contribution in [2.75, 3.05) is 13.2 Å². The SMILES string of the molecule is CC(CCCCNC(=O)C(F)[C@@H]1O[C@H](COCc2ccccc2)[C@@H](OCc2ccccc2)[C@H](OCc2ccccc2)[C@H]1OCc1ccccc1)C(=O)NC(C)C(=O)OCc1ccccc1. The van der Waals surface area contributed by atoms with Crippen LogP contribution in [0.1, 0.15) is 60.9 Å². The molecule has 5 aromatic carbocycles. The van der Waals surface area contributed by atoms with Crippen molar-refractivity contribution in [1.29, 1.82) is 0 Å². The molecular weight excluding hydrogens is 828 g/mol. The molecule has 1 aliphatic heterocycles. The molecule has 2 amide bonds. The number of carbonyl (C=O) groups is 3. The quantitative estimate of drug-likeness (QED) is 0.0440. The van der Waals surface area contributed by atoms with Gasteiger partial charge in [0.1, 0.15) is 43.2 Å². The van der Waals surface area contributed by atoms with Gasteiger partial charge in [-0.1, -0.05) is 165 Å². The van der Waals surface area contributed by atoms with Crippen LogP contribution in [0.25, 0.3) is 0 Å². The standard InChI is InChI=1S/C53H61FN2O9/c1-38(51(57)56-39(2)53(59)64-36-44-29-16-7-17-30-44)20-18-19-31-55-52(58)46(54)48-50(63-35-43-27-14-6-15-28-43)49(62-34-42-25-12-5-13-26-42)47(61-33-41-23-10-4-11-24-41)45(65-48)37-60-32-40-21-8-3-9-22-40/h3-17,21-30,38-39,45-50H,18-20,31-37H2,1-2H3,(H,55,58)(H,56,57)/t38?,39?,45-,46?,47-,48+,49+,50+/m1/s1. The lowest BCUT2D eigenvalue weighted by Gasteiger charge is -2.46. The number of nitrogens with one attached hydrogen (secondary N) is 2. The maximum atomic E-state index is 17.0. The fraction of sp³-hybridized carbons (Fsp3) is 0.377. The summed E-state index contributed by atoms with van der Waals surface area (Å²) in [6.45, 7) is 4.43. The van der Waals surface area contributed by atoms with Gasteiger partial charge in [0.15, 0.2) is 0 Å². The zero-order chi connectivity index (χ0) is 45.6. The second-order valence-corrected chi connectivity index (χ2v) is 16.3. The largest absolute Gasteiger partial charge is 0.459 e. The van der Waals surface area contributed by atoms with E-state index in [2.05, 4.69) is 10.6 Å². The van der Waals surface area contributed by atoms with E-state index in [4.69, 9.17) is 28.4 Å². The first-order chi connectivity index (χ1) is 31.7. The van der Waals surface area contributed by atoms with Crippen LogP contribution >= 0.6 is 0 Å². The highest BCUT2D eigenvalue weighted by molar-refractivity contribution is 5.85. The van der Waals surface area contributed by atoms with Gasteiger partial charge in [0.2, 0.25) is 12.1 Å². The summed E-state index contributed by atoms with van der Waals surface area (Å²) in [5, 5.41) is 5.48. The number of carbonyl (C=O) groups excluding carboxylic acids is 3. The van der Waals surface area contributed by atoms with E-state index in [1.54, 1.807) is 13.8 Å². The van der Waals surface area contributed by atoms with Crippen LogP contribution in [0.4, 0.5) is 4.39 Å². The van der Waals surface area contributed by atoms with Crippen LogP contribution in [0.5, 0.6) is 0 Å². The Bertz CT molecular complexity index is 2140. The number of hydrogen-bond donors (Lipinski definition) is 2. The summed E-state index contributed by atoms with van der Waals surface area (Å²) in [6, 6.07) is 47.1. The number of alkyl halides is 1. The van der Waals surface area contributed by atoms with Crippen molar-refractivity contribution in [3.63, 3.8) is 0 Å². The molecule has 2 N–H and O–H groups in total. The summed E-state index contributed by atoms with van der Waals surface area (Å²) >= 11 is 0. The van der Waals surface area contributed by atoms with Gasteiger partial charge in [-0.25, -0.2) is 9.18 Å². The Morgan fingerprint density at radius 2 is 1.02 bits per heavy atom. The van der Waals surface area contributed by atoms with Crippen molar-refractivity contribution >= 4 is 17.8 Å². The molecule has 3 unspecified atom stereocenters. The van der Waals surface area contributed by atoms with Crippen LogP contribution in [-0.4, -0.2) is 73.7 Å². The summed E-state index contributed by atoms with van der Waals surface area (Å²) < 4.78 is 55.1. The number of halogens is 1. The maximum absolute atomic E-state index is 17.0. The number of esters is 1. The lowest BCUT2D eigenvalue weighted by molar-refractivity contribution is -0.280. The smallest absolute Gasteiger partial charge is 0.328 e. The predicted molar refractivity (Wildman–Crippen MR) is 245 cm³/mol. The van der Waals surface area contributed by atoms with E-state index in [9.17, 15) is 14.4 Å². The van der Waals surface area contributed by atoms with E-state index < -0.39 is 60.5 Å². The molecule has 344 valence electrons. The van der Waals surface area contributed by atoms with Crippen molar-refractivity contribution < 1.29 is 47.2 Å². The highest BCUT2D eigenvalue weighted by Crippen LogP contribution is 2.33. The average molecular weight is 889 g/mol. The van der Waals surface area contributed by atoms with Gasteiger partial charge in [-0.2, -0.15) is 0 Å². The van der Waals surface area contributed by atoms with Gasteiger partial charge >= 0.3 is 5.97 Å². The lowest BCUT2D eigenvalue weighted by atomic mass is 9.91. The molecule has 1 fully saturated rings. The fourth-order valence-electron chi connectivity index (χ4n) is 7.49. The van der Waals surface area contributed by atoms with Gasteiger partial charge in [0.05, 0.1) is 33.0 Å².